The topological polar surface area (TPSA) is 47.6 Å². The number of hydrogen-bond acceptors (Lipinski definition) is 3. The number of carbonyl (C=O) groups is 1. The molecule has 21 heavy (non-hydrogen) atoms. The average molecular weight is 306 g/mol. The van der Waals surface area contributed by atoms with Gasteiger partial charge in [-0.1, -0.05) is 12.1 Å². The largest absolute Gasteiger partial charge is 0.497 e. The first-order chi connectivity index (χ1) is 10.2. The summed E-state index contributed by atoms with van der Waals surface area (Å²) in [5.41, 5.74) is 2.02. The fraction of sp³-hybridized carbons (Fsp3) is 0.188. The molecule has 4 nitrogen and oxygen atoms in total. The lowest BCUT2D eigenvalue weighted by molar-refractivity contribution is 0.102. The zero-order valence-electron chi connectivity index (χ0n) is 11.9. The van der Waals surface area contributed by atoms with Crippen LogP contribution in [-0.2, 0) is 5.88 Å². The number of carbonyl (C=O) groups excluding carboxylic acids is 1. The highest BCUT2D eigenvalue weighted by molar-refractivity contribution is 6.17. The third-order valence-electron chi connectivity index (χ3n) is 3.00. The number of ether oxygens (including phenoxy) is 2. The molecule has 1 N–H and O–H groups in total. The van der Waals surface area contributed by atoms with Crippen molar-refractivity contribution in [2.24, 2.45) is 0 Å². The highest BCUT2D eigenvalue weighted by Gasteiger charge is 2.11. The van der Waals surface area contributed by atoms with Gasteiger partial charge in [-0.05, 0) is 29.8 Å². The molecule has 1 amide bonds. The summed E-state index contributed by atoms with van der Waals surface area (Å²) in [6.07, 6.45) is 0. The predicted molar refractivity (Wildman–Crippen MR) is 83.5 cm³/mol. The molecule has 0 spiro atoms. The zero-order valence-corrected chi connectivity index (χ0v) is 12.6. The van der Waals surface area contributed by atoms with Crippen LogP contribution in [0.15, 0.2) is 42.5 Å². The molecule has 0 heterocycles. The molecular weight excluding hydrogens is 290 g/mol. The van der Waals surface area contributed by atoms with Crippen molar-refractivity contribution >= 4 is 23.2 Å². The summed E-state index contributed by atoms with van der Waals surface area (Å²) >= 11 is 5.78. The van der Waals surface area contributed by atoms with Crippen LogP contribution in [0.5, 0.6) is 11.5 Å². The third-order valence-corrected chi connectivity index (χ3v) is 3.31. The Balaban J connectivity index is 2.22. The lowest BCUT2D eigenvalue weighted by atomic mass is 10.1. The van der Waals surface area contributed by atoms with Crippen LogP contribution in [0.1, 0.15) is 15.9 Å². The third kappa shape index (κ3) is 3.67. The molecule has 2 aromatic carbocycles. The number of halogens is 1. The van der Waals surface area contributed by atoms with Gasteiger partial charge in [0.25, 0.3) is 5.91 Å². The van der Waals surface area contributed by atoms with Gasteiger partial charge in [0, 0.05) is 17.5 Å². The number of hydrogen-bond donors (Lipinski definition) is 1. The SMILES string of the molecule is COc1ccc(NC(=O)c2cccc(CCl)c2)c(OC)c1. The fourth-order valence-corrected chi connectivity index (χ4v) is 2.06. The van der Waals surface area contributed by atoms with E-state index in [2.05, 4.69) is 5.32 Å². The minimum Gasteiger partial charge on any atom is -0.497 e. The van der Waals surface area contributed by atoms with E-state index in [0.717, 1.165) is 5.56 Å². The zero-order chi connectivity index (χ0) is 15.2. The van der Waals surface area contributed by atoms with Gasteiger partial charge in [-0.3, -0.25) is 4.79 Å². The first-order valence-electron chi connectivity index (χ1n) is 6.36. The van der Waals surface area contributed by atoms with Crippen molar-refractivity contribution in [2.45, 2.75) is 5.88 Å². The highest BCUT2D eigenvalue weighted by atomic mass is 35.5. The lowest BCUT2D eigenvalue weighted by Crippen LogP contribution is -2.12. The monoisotopic (exact) mass is 305 g/mol. The first kappa shape index (κ1) is 15.2. The van der Waals surface area contributed by atoms with Gasteiger partial charge in [-0.2, -0.15) is 0 Å². The Kier molecular flexibility index (Phi) is 5.06. The summed E-state index contributed by atoms with van der Waals surface area (Å²) in [7, 11) is 3.11. The lowest BCUT2D eigenvalue weighted by Gasteiger charge is -2.12. The van der Waals surface area contributed by atoms with Gasteiger partial charge in [-0.15, -0.1) is 11.6 Å². The number of anilines is 1. The maximum Gasteiger partial charge on any atom is 0.255 e. The average Bonchev–Trinajstić information content (AvgIpc) is 2.55. The summed E-state index contributed by atoms with van der Waals surface area (Å²) < 4.78 is 10.4. The van der Waals surface area contributed by atoms with Gasteiger partial charge in [0.05, 0.1) is 19.9 Å². The number of benzene rings is 2. The Hall–Kier alpha value is -2.20. The molecule has 0 aromatic heterocycles. The summed E-state index contributed by atoms with van der Waals surface area (Å²) in [6.45, 7) is 0. The van der Waals surface area contributed by atoms with Gasteiger partial charge < -0.3 is 14.8 Å². The molecule has 110 valence electrons. The van der Waals surface area contributed by atoms with Gasteiger partial charge in [0.1, 0.15) is 11.5 Å². The normalized spacial score (nSPS) is 10.0. The molecule has 0 atom stereocenters. The van der Waals surface area contributed by atoms with Crippen LogP contribution in [0.4, 0.5) is 5.69 Å². The van der Waals surface area contributed by atoms with Crippen LogP contribution in [0.2, 0.25) is 0 Å². The molecule has 0 fully saturated rings. The van der Waals surface area contributed by atoms with E-state index in [9.17, 15) is 4.79 Å². The Labute approximate surface area is 128 Å². The maximum absolute atomic E-state index is 12.3. The number of amides is 1. The van der Waals surface area contributed by atoms with Crippen molar-refractivity contribution < 1.29 is 14.3 Å². The van der Waals surface area contributed by atoms with E-state index in [1.165, 1.54) is 0 Å². The van der Waals surface area contributed by atoms with Crippen molar-refractivity contribution in [1.29, 1.82) is 0 Å². The Morgan fingerprint density at radius 2 is 1.95 bits per heavy atom. The van der Waals surface area contributed by atoms with Crippen molar-refractivity contribution in [2.75, 3.05) is 19.5 Å². The second kappa shape index (κ2) is 6.99. The maximum atomic E-state index is 12.3. The molecule has 5 heteroatoms. The molecule has 0 bridgehead atoms. The van der Waals surface area contributed by atoms with Crippen LogP contribution in [0.25, 0.3) is 0 Å². The molecule has 0 unspecified atom stereocenters. The minimum atomic E-state index is -0.217. The van der Waals surface area contributed by atoms with Crippen molar-refractivity contribution in [3.63, 3.8) is 0 Å². The van der Waals surface area contributed by atoms with E-state index in [4.69, 9.17) is 21.1 Å². The van der Waals surface area contributed by atoms with E-state index >= 15 is 0 Å². The standard InChI is InChI=1S/C16H16ClNO3/c1-20-13-6-7-14(15(9-13)21-2)18-16(19)12-5-3-4-11(8-12)10-17/h3-9H,10H2,1-2H3,(H,18,19). The highest BCUT2D eigenvalue weighted by Crippen LogP contribution is 2.29. The predicted octanol–water partition coefficient (Wildman–Crippen LogP) is 3.69. The molecule has 2 aromatic rings. The molecule has 0 aliphatic rings. The summed E-state index contributed by atoms with van der Waals surface area (Å²) in [5, 5.41) is 2.82. The Morgan fingerprint density at radius 1 is 1.14 bits per heavy atom. The molecule has 0 aliphatic carbocycles. The second-order valence-corrected chi connectivity index (χ2v) is 4.62. The number of nitrogens with one attached hydrogen (secondary N) is 1. The van der Waals surface area contributed by atoms with Gasteiger partial charge >= 0.3 is 0 Å². The molecule has 2 rings (SSSR count). The van der Waals surface area contributed by atoms with Crippen LogP contribution in [0, 0.1) is 0 Å². The minimum absolute atomic E-state index is 0.217. The molecule has 0 saturated heterocycles. The fourth-order valence-electron chi connectivity index (χ4n) is 1.89. The van der Waals surface area contributed by atoms with Crippen LogP contribution < -0.4 is 14.8 Å². The van der Waals surface area contributed by atoms with Crippen molar-refractivity contribution in [3.8, 4) is 11.5 Å². The van der Waals surface area contributed by atoms with E-state index < -0.39 is 0 Å². The molecule has 0 saturated carbocycles. The molecular formula is C16H16ClNO3. The van der Waals surface area contributed by atoms with Crippen LogP contribution >= 0.6 is 11.6 Å². The van der Waals surface area contributed by atoms with Gasteiger partial charge in [0.2, 0.25) is 0 Å². The Morgan fingerprint density at radius 3 is 2.62 bits per heavy atom. The molecule has 0 radical (unpaired) electrons. The van der Waals surface area contributed by atoms with Gasteiger partial charge in [-0.25, -0.2) is 0 Å². The number of methoxy groups -OCH3 is 2. The summed E-state index contributed by atoms with van der Waals surface area (Å²) in [5.74, 6) is 1.35. The van der Waals surface area contributed by atoms with E-state index in [-0.39, 0.29) is 5.91 Å². The van der Waals surface area contributed by atoms with Crippen LogP contribution in [-0.4, -0.2) is 20.1 Å². The van der Waals surface area contributed by atoms with Gasteiger partial charge in [0.15, 0.2) is 0 Å². The molecule has 0 aliphatic heterocycles. The summed E-state index contributed by atoms with van der Waals surface area (Å²) in [4.78, 5) is 12.3. The van der Waals surface area contributed by atoms with E-state index in [0.29, 0.717) is 28.6 Å². The van der Waals surface area contributed by atoms with Crippen LogP contribution in [0.3, 0.4) is 0 Å². The second-order valence-electron chi connectivity index (χ2n) is 4.35. The first-order valence-corrected chi connectivity index (χ1v) is 6.89. The summed E-state index contributed by atoms with van der Waals surface area (Å²) in [6, 6.07) is 12.4. The number of alkyl halides is 1. The quantitative estimate of drug-likeness (QED) is 0.857. The smallest absolute Gasteiger partial charge is 0.255 e. The van der Waals surface area contributed by atoms with E-state index in [1.54, 1.807) is 50.6 Å². The van der Waals surface area contributed by atoms with Crippen molar-refractivity contribution in [1.82, 2.24) is 0 Å². The Bertz CT molecular complexity index is 643. The number of rotatable bonds is 5. The van der Waals surface area contributed by atoms with E-state index in [1.807, 2.05) is 6.07 Å². The van der Waals surface area contributed by atoms with Crippen molar-refractivity contribution in [3.05, 3.63) is 53.6 Å².